The van der Waals surface area contributed by atoms with Crippen LogP contribution in [0, 0.1) is 13.8 Å². The Morgan fingerprint density at radius 3 is 2.50 bits per heavy atom. The van der Waals surface area contributed by atoms with Crippen molar-refractivity contribution < 1.29 is 17.9 Å². The molecular weight excluding hydrogens is 337 g/mol. The highest BCUT2D eigenvalue weighted by molar-refractivity contribution is 9.09. The molecule has 0 aliphatic carbocycles. The molecule has 0 aliphatic rings. The molecule has 20 heavy (non-hydrogen) atoms. The molecular formula is C13H18BrF3N2O. The van der Waals surface area contributed by atoms with Crippen LogP contribution in [0.5, 0.6) is 5.75 Å². The molecule has 1 aromatic rings. The van der Waals surface area contributed by atoms with E-state index in [2.05, 4.69) is 20.9 Å². The standard InChI is InChI=1S/C13H18BrF3N2O/c1-9-6-18-11(10(2)12(9)20-3)7-19(5-4-14)8-13(15,16)17/h6H,4-5,7-8H2,1-3H3. The van der Waals surface area contributed by atoms with Gasteiger partial charge in [-0.15, -0.1) is 0 Å². The van der Waals surface area contributed by atoms with Crippen LogP contribution < -0.4 is 4.74 Å². The lowest BCUT2D eigenvalue weighted by Crippen LogP contribution is -2.35. The molecule has 0 N–H and O–H groups in total. The molecule has 114 valence electrons. The third-order valence-corrected chi connectivity index (χ3v) is 3.28. The zero-order valence-electron chi connectivity index (χ0n) is 11.7. The van der Waals surface area contributed by atoms with Crippen LogP contribution in [-0.2, 0) is 6.54 Å². The van der Waals surface area contributed by atoms with Crippen molar-refractivity contribution in [2.75, 3.05) is 25.5 Å². The van der Waals surface area contributed by atoms with Crippen molar-refractivity contribution in [3.05, 3.63) is 23.0 Å². The van der Waals surface area contributed by atoms with Crippen LogP contribution in [-0.4, -0.2) is 41.6 Å². The molecule has 1 aromatic heterocycles. The van der Waals surface area contributed by atoms with Crippen molar-refractivity contribution in [3.63, 3.8) is 0 Å². The second-order valence-corrected chi connectivity index (χ2v) is 5.35. The fraction of sp³-hybridized carbons (Fsp3) is 0.615. The zero-order chi connectivity index (χ0) is 15.3. The second-order valence-electron chi connectivity index (χ2n) is 4.56. The lowest BCUT2D eigenvalue weighted by Gasteiger charge is -2.23. The van der Waals surface area contributed by atoms with E-state index < -0.39 is 12.7 Å². The smallest absolute Gasteiger partial charge is 0.401 e. The lowest BCUT2D eigenvalue weighted by atomic mass is 10.1. The minimum Gasteiger partial charge on any atom is -0.496 e. The minimum atomic E-state index is -4.22. The summed E-state index contributed by atoms with van der Waals surface area (Å²) >= 11 is 3.18. The third-order valence-electron chi connectivity index (χ3n) is 2.93. The predicted molar refractivity (Wildman–Crippen MR) is 75.4 cm³/mol. The summed E-state index contributed by atoms with van der Waals surface area (Å²) in [4.78, 5) is 5.55. The number of hydrogen-bond donors (Lipinski definition) is 0. The predicted octanol–water partition coefficient (Wildman–Crippen LogP) is 3.47. The number of ether oxygens (including phenoxy) is 1. The molecule has 0 unspecified atom stereocenters. The largest absolute Gasteiger partial charge is 0.496 e. The maximum Gasteiger partial charge on any atom is 0.401 e. The number of aryl methyl sites for hydroxylation is 1. The summed E-state index contributed by atoms with van der Waals surface area (Å²) in [5, 5.41) is 0.477. The highest BCUT2D eigenvalue weighted by Gasteiger charge is 2.30. The molecule has 0 saturated carbocycles. The summed E-state index contributed by atoms with van der Waals surface area (Å²) < 4.78 is 42.9. The van der Waals surface area contributed by atoms with Crippen LogP contribution in [0.1, 0.15) is 16.8 Å². The first-order chi connectivity index (χ1) is 9.28. The van der Waals surface area contributed by atoms with Crippen molar-refractivity contribution in [2.45, 2.75) is 26.6 Å². The van der Waals surface area contributed by atoms with Crippen molar-refractivity contribution >= 4 is 15.9 Å². The fourth-order valence-corrected chi connectivity index (χ4v) is 2.53. The summed E-state index contributed by atoms with van der Waals surface area (Å²) in [7, 11) is 1.55. The molecule has 1 rings (SSSR count). The summed E-state index contributed by atoms with van der Waals surface area (Å²) in [6.07, 6.45) is -2.59. The molecule has 0 bridgehead atoms. The van der Waals surface area contributed by atoms with E-state index in [0.717, 1.165) is 11.1 Å². The van der Waals surface area contributed by atoms with Gasteiger partial charge in [-0.1, -0.05) is 15.9 Å². The van der Waals surface area contributed by atoms with Gasteiger partial charge in [0.2, 0.25) is 0 Å². The van der Waals surface area contributed by atoms with Crippen LogP contribution in [0.4, 0.5) is 13.2 Å². The second kappa shape index (κ2) is 7.26. The van der Waals surface area contributed by atoms with Crippen molar-refractivity contribution in [1.29, 1.82) is 0 Å². The topological polar surface area (TPSA) is 25.4 Å². The van der Waals surface area contributed by atoms with Gasteiger partial charge in [-0.05, 0) is 13.8 Å². The van der Waals surface area contributed by atoms with Crippen LogP contribution in [0.2, 0.25) is 0 Å². The van der Waals surface area contributed by atoms with Crippen LogP contribution in [0.15, 0.2) is 6.20 Å². The number of rotatable bonds is 6. The summed E-state index contributed by atoms with van der Waals surface area (Å²) in [5.74, 6) is 0.681. The Hall–Kier alpha value is -0.820. The number of pyridine rings is 1. The molecule has 0 fully saturated rings. The molecule has 0 saturated heterocycles. The number of halogens is 4. The van der Waals surface area contributed by atoms with Crippen LogP contribution in [0.25, 0.3) is 0 Å². The Labute approximate surface area is 125 Å². The van der Waals surface area contributed by atoms with E-state index in [-0.39, 0.29) is 6.54 Å². The van der Waals surface area contributed by atoms with E-state index in [0.29, 0.717) is 23.3 Å². The first-order valence-electron chi connectivity index (χ1n) is 6.12. The number of aromatic nitrogens is 1. The summed E-state index contributed by atoms with van der Waals surface area (Å²) in [5.41, 5.74) is 2.27. The average Bonchev–Trinajstić information content (AvgIpc) is 2.32. The van der Waals surface area contributed by atoms with Crippen molar-refractivity contribution in [2.24, 2.45) is 0 Å². The maximum absolute atomic E-state index is 12.5. The highest BCUT2D eigenvalue weighted by atomic mass is 79.9. The summed E-state index contributed by atoms with van der Waals surface area (Å²) in [6.45, 7) is 3.17. The van der Waals surface area contributed by atoms with E-state index in [9.17, 15) is 13.2 Å². The number of nitrogens with zero attached hydrogens (tertiary/aromatic N) is 2. The van der Waals surface area contributed by atoms with E-state index in [4.69, 9.17) is 4.74 Å². The van der Waals surface area contributed by atoms with E-state index in [1.54, 1.807) is 13.3 Å². The van der Waals surface area contributed by atoms with Gasteiger partial charge in [0, 0.05) is 35.7 Å². The Morgan fingerprint density at radius 2 is 2.00 bits per heavy atom. The molecule has 0 aromatic carbocycles. The highest BCUT2D eigenvalue weighted by Crippen LogP contribution is 2.25. The van der Waals surface area contributed by atoms with E-state index >= 15 is 0 Å². The Morgan fingerprint density at radius 1 is 1.35 bits per heavy atom. The molecule has 0 aliphatic heterocycles. The molecule has 1 heterocycles. The van der Waals surface area contributed by atoms with E-state index in [1.165, 1.54) is 4.90 Å². The lowest BCUT2D eigenvalue weighted by molar-refractivity contribution is -0.146. The zero-order valence-corrected chi connectivity index (χ0v) is 13.3. The van der Waals surface area contributed by atoms with Gasteiger partial charge in [0.15, 0.2) is 0 Å². The Bertz CT molecular complexity index is 452. The molecule has 3 nitrogen and oxygen atoms in total. The number of methoxy groups -OCH3 is 1. The summed E-state index contributed by atoms with van der Waals surface area (Å²) in [6, 6.07) is 0. The average molecular weight is 355 g/mol. The molecule has 0 atom stereocenters. The number of hydrogen-bond acceptors (Lipinski definition) is 3. The van der Waals surface area contributed by atoms with Crippen LogP contribution in [0.3, 0.4) is 0 Å². The molecule has 0 radical (unpaired) electrons. The van der Waals surface area contributed by atoms with Crippen molar-refractivity contribution in [1.82, 2.24) is 9.88 Å². The Balaban J connectivity index is 2.94. The molecule has 0 amide bonds. The fourth-order valence-electron chi connectivity index (χ4n) is 2.03. The SMILES string of the molecule is COc1c(C)cnc(CN(CCBr)CC(F)(F)F)c1C. The van der Waals surface area contributed by atoms with Gasteiger partial charge in [-0.3, -0.25) is 9.88 Å². The minimum absolute atomic E-state index is 0.146. The van der Waals surface area contributed by atoms with Gasteiger partial charge >= 0.3 is 6.18 Å². The normalized spacial score (nSPS) is 12.0. The maximum atomic E-state index is 12.5. The van der Waals surface area contributed by atoms with Crippen molar-refractivity contribution in [3.8, 4) is 5.75 Å². The van der Waals surface area contributed by atoms with Gasteiger partial charge in [-0.25, -0.2) is 0 Å². The molecule has 7 heteroatoms. The monoisotopic (exact) mass is 354 g/mol. The first-order valence-corrected chi connectivity index (χ1v) is 7.24. The van der Waals surface area contributed by atoms with Gasteiger partial charge in [0.1, 0.15) is 5.75 Å². The van der Waals surface area contributed by atoms with Crippen LogP contribution >= 0.6 is 15.9 Å². The van der Waals surface area contributed by atoms with Gasteiger partial charge in [0.25, 0.3) is 0 Å². The number of alkyl halides is 4. The van der Waals surface area contributed by atoms with Gasteiger partial charge in [0.05, 0.1) is 19.3 Å². The molecule has 0 spiro atoms. The van der Waals surface area contributed by atoms with E-state index in [1.807, 2.05) is 13.8 Å². The Kier molecular flexibility index (Phi) is 6.26. The van der Waals surface area contributed by atoms with Gasteiger partial charge in [-0.2, -0.15) is 13.2 Å². The third kappa shape index (κ3) is 4.94. The quantitative estimate of drug-likeness (QED) is 0.731. The first kappa shape index (κ1) is 17.2. The van der Waals surface area contributed by atoms with Gasteiger partial charge < -0.3 is 4.74 Å².